The van der Waals surface area contributed by atoms with Gasteiger partial charge in [-0.05, 0) is 69.7 Å². The van der Waals surface area contributed by atoms with E-state index in [9.17, 15) is 14.4 Å². The fraction of sp³-hybridized carbons (Fsp3) is 0.360. The number of amides is 1. The molecule has 0 saturated heterocycles. The van der Waals surface area contributed by atoms with Crippen LogP contribution in [0, 0.1) is 0 Å². The number of rotatable bonds is 11. The lowest BCUT2D eigenvalue weighted by Crippen LogP contribution is -2.45. The van der Waals surface area contributed by atoms with Gasteiger partial charge in [0.2, 0.25) is 0 Å². The standard InChI is InChI=1S/C25H31N3O6.ClH/c1-5-32-22(29)16-33-20-12-10-18(11-13-20)23(30)21(15-34-25(2,3)4)28-24(31)19-8-6-17(7-9-19)14-27-26;/h6-14,21H,5,15-16,26H2,1-4H3,(H,28,31);1H/t21-;/m0./s1. The molecular weight excluding hydrogens is 474 g/mol. The molecule has 0 spiro atoms. The van der Waals surface area contributed by atoms with Gasteiger partial charge in [-0.15, -0.1) is 12.4 Å². The Morgan fingerprint density at radius 1 is 1.03 bits per heavy atom. The summed E-state index contributed by atoms with van der Waals surface area (Å²) < 4.78 is 16.0. The molecule has 10 heteroatoms. The molecule has 190 valence electrons. The molecule has 3 N–H and O–H groups in total. The second-order valence-corrected chi connectivity index (χ2v) is 8.33. The predicted molar refractivity (Wildman–Crippen MR) is 135 cm³/mol. The van der Waals surface area contributed by atoms with Gasteiger partial charge >= 0.3 is 5.97 Å². The van der Waals surface area contributed by atoms with E-state index in [-0.39, 0.29) is 38.0 Å². The minimum Gasteiger partial charge on any atom is -0.482 e. The van der Waals surface area contributed by atoms with E-state index in [0.717, 1.165) is 5.56 Å². The molecule has 0 bridgehead atoms. The summed E-state index contributed by atoms with van der Waals surface area (Å²) in [5.41, 5.74) is 0.983. The van der Waals surface area contributed by atoms with Crippen LogP contribution in [0.3, 0.4) is 0 Å². The molecule has 0 heterocycles. The van der Waals surface area contributed by atoms with Gasteiger partial charge in [0.25, 0.3) is 5.91 Å². The molecule has 35 heavy (non-hydrogen) atoms. The van der Waals surface area contributed by atoms with Crippen molar-refractivity contribution in [2.75, 3.05) is 19.8 Å². The maximum absolute atomic E-state index is 13.2. The van der Waals surface area contributed by atoms with Gasteiger partial charge in [-0.2, -0.15) is 5.10 Å². The van der Waals surface area contributed by atoms with Crippen molar-refractivity contribution in [1.82, 2.24) is 5.32 Å². The number of ketones is 1. The number of nitrogens with two attached hydrogens (primary N) is 1. The highest BCUT2D eigenvalue weighted by Crippen LogP contribution is 2.16. The number of hydrazone groups is 1. The Balaban J connectivity index is 0.00000612. The zero-order valence-electron chi connectivity index (χ0n) is 20.3. The molecule has 1 atom stereocenters. The Labute approximate surface area is 211 Å². The SMILES string of the molecule is CCOC(=O)COc1ccc(C(=O)[C@H](COC(C)(C)C)NC(=O)c2ccc(C=NN)cc2)cc1.Cl. The lowest BCUT2D eigenvalue weighted by molar-refractivity contribution is -0.145. The third-order valence-electron chi connectivity index (χ3n) is 4.50. The van der Waals surface area contributed by atoms with Crippen LogP contribution in [0.4, 0.5) is 0 Å². The molecule has 0 fully saturated rings. The molecule has 0 aliphatic carbocycles. The van der Waals surface area contributed by atoms with Crippen molar-refractivity contribution < 1.29 is 28.6 Å². The third kappa shape index (κ3) is 10.2. The highest BCUT2D eigenvalue weighted by Gasteiger charge is 2.25. The zero-order valence-corrected chi connectivity index (χ0v) is 21.1. The maximum atomic E-state index is 13.2. The van der Waals surface area contributed by atoms with E-state index >= 15 is 0 Å². The number of hydrogen-bond donors (Lipinski definition) is 2. The first-order valence-corrected chi connectivity index (χ1v) is 10.8. The van der Waals surface area contributed by atoms with Crippen LogP contribution < -0.4 is 15.9 Å². The van der Waals surface area contributed by atoms with Crippen molar-refractivity contribution in [3.8, 4) is 5.75 Å². The topological polar surface area (TPSA) is 129 Å². The first kappa shape index (κ1) is 29.6. The van der Waals surface area contributed by atoms with Crippen molar-refractivity contribution >= 4 is 36.3 Å². The van der Waals surface area contributed by atoms with E-state index in [0.29, 0.717) is 16.9 Å². The summed E-state index contributed by atoms with van der Waals surface area (Å²) in [7, 11) is 0. The minimum absolute atomic E-state index is 0. The van der Waals surface area contributed by atoms with Gasteiger partial charge in [0, 0.05) is 11.1 Å². The van der Waals surface area contributed by atoms with Gasteiger partial charge in [0.1, 0.15) is 11.8 Å². The second-order valence-electron chi connectivity index (χ2n) is 8.33. The normalized spacial score (nSPS) is 11.9. The minimum atomic E-state index is -0.914. The summed E-state index contributed by atoms with van der Waals surface area (Å²) in [6.45, 7) is 7.34. The number of halogens is 1. The van der Waals surface area contributed by atoms with Crippen LogP contribution >= 0.6 is 12.4 Å². The summed E-state index contributed by atoms with van der Waals surface area (Å²) in [5, 5.41) is 6.21. The van der Waals surface area contributed by atoms with Crippen LogP contribution in [0.5, 0.6) is 5.75 Å². The Bertz CT molecular complexity index is 1000. The Hall–Kier alpha value is -3.43. The van der Waals surface area contributed by atoms with Crippen LogP contribution in [-0.4, -0.2) is 55.3 Å². The second kappa shape index (κ2) is 14.1. The molecule has 0 aliphatic rings. The molecule has 0 aromatic heterocycles. The monoisotopic (exact) mass is 505 g/mol. The molecule has 2 aromatic rings. The van der Waals surface area contributed by atoms with Gasteiger partial charge in [0.05, 0.1) is 25.0 Å². The van der Waals surface area contributed by atoms with Gasteiger partial charge in [-0.25, -0.2) is 4.79 Å². The Morgan fingerprint density at radius 3 is 2.17 bits per heavy atom. The van der Waals surface area contributed by atoms with Crippen LogP contribution in [0.25, 0.3) is 0 Å². The lowest BCUT2D eigenvalue weighted by atomic mass is 10.0. The molecule has 0 saturated carbocycles. The zero-order chi connectivity index (χ0) is 25.1. The van der Waals surface area contributed by atoms with Crippen molar-refractivity contribution in [3.63, 3.8) is 0 Å². The molecule has 1 amide bonds. The number of ether oxygens (including phenoxy) is 3. The van der Waals surface area contributed by atoms with E-state index in [2.05, 4.69) is 10.4 Å². The van der Waals surface area contributed by atoms with Crippen molar-refractivity contribution in [2.45, 2.75) is 39.3 Å². The first-order valence-electron chi connectivity index (χ1n) is 10.8. The van der Waals surface area contributed by atoms with Crippen LogP contribution in [0.1, 0.15) is 54.0 Å². The molecule has 2 rings (SSSR count). The fourth-order valence-corrected chi connectivity index (χ4v) is 2.83. The maximum Gasteiger partial charge on any atom is 0.344 e. The summed E-state index contributed by atoms with van der Waals surface area (Å²) in [6, 6.07) is 12.0. The lowest BCUT2D eigenvalue weighted by Gasteiger charge is -2.24. The smallest absolute Gasteiger partial charge is 0.344 e. The van der Waals surface area contributed by atoms with Crippen molar-refractivity contribution in [3.05, 3.63) is 65.2 Å². The number of esters is 1. The van der Waals surface area contributed by atoms with E-state index in [4.69, 9.17) is 20.1 Å². The van der Waals surface area contributed by atoms with Crippen LogP contribution in [0.2, 0.25) is 0 Å². The molecular formula is C25H32ClN3O6. The average Bonchev–Trinajstić information content (AvgIpc) is 2.80. The fourth-order valence-electron chi connectivity index (χ4n) is 2.83. The van der Waals surface area contributed by atoms with Gasteiger partial charge < -0.3 is 25.4 Å². The largest absolute Gasteiger partial charge is 0.482 e. The van der Waals surface area contributed by atoms with E-state index < -0.39 is 23.5 Å². The number of hydrogen-bond acceptors (Lipinski definition) is 8. The van der Waals surface area contributed by atoms with E-state index in [1.165, 1.54) is 6.21 Å². The highest BCUT2D eigenvalue weighted by atomic mass is 35.5. The van der Waals surface area contributed by atoms with Gasteiger partial charge in [0.15, 0.2) is 12.4 Å². The van der Waals surface area contributed by atoms with Crippen molar-refractivity contribution in [2.24, 2.45) is 10.9 Å². The molecule has 0 unspecified atom stereocenters. The highest BCUT2D eigenvalue weighted by molar-refractivity contribution is 6.04. The molecule has 0 aliphatic heterocycles. The number of Topliss-reactive ketones (excluding diaryl/α,β-unsaturated/α-hetero) is 1. The Kier molecular flexibility index (Phi) is 11.9. The Morgan fingerprint density at radius 2 is 1.63 bits per heavy atom. The van der Waals surface area contributed by atoms with Gasteiger partial charge in [-0.3, -0.25) is 9.59 Å². The van der Waals surface area contributed by atoms with E-state index in [1.807, 2.05) is 20.8 Å². The summed E-state index contributed by atoms with van der Waals surface area (Å²) in [4.78, 5) is 37.4. The molecule has 2 aromatic carbocycles. The quantitative estimate of drug-likeness (QED) is 0.158. The number of carbonyl (C=O) groups excluding carboxylic acids is 3. The average molecular weight is 506 g/mol. The number of nitrogens with one attached hydrogen (secondary N) is 1. The van der Waals surface area contributed by atoms with E-state index in [1.54, 1.807) is 55.5 Å². The molecule has 0 radical (unpaired) electrons. The summed E-state index contributed by atoms with van der Waals surface area (Å²) >= 11 is 0. The predicted octanol–water partition coefficient (Wildman–Crippen LogP) is 3.14. The third-order valence-corrected chi connectivity index (χ3v) is 4.50. The number of benzene rings is 2. The molecule has 9 nitrogen and oxygen atoms in total. The van der Waals surface area contributed by atoms with Crippen LogP contribution in [-0.2, 0) is 14.3 Å². The number of nitrogens with zero attached hydrogens (tertiary/aromatic N) is 1. The van der Waals surface area contributed by atoms with Gasteiger partial charge in [-0.1, -0.05) is 12.1 Å². The summed E-state index contributed by atoms with van der Waals surface area (Å²) in [5.74, 6) is 4.35. The van der Waals surface area contributed by atoms with Crippen molar-refractivity contribution in [1.29, 1.82) is 0 Å². The summed E-state index contributed by atoms with van der Waals surface area (Å²) in [6.07, 6.45) is 1.46. The first-order chi connectivity index (χ1) is 16.1. The van der Waals surface area contributed by atoms with Crippen LogP contribution in [0.15, 0.2) is 53.6 Å². The number of carbonyl (C=O) groups is 3.